The van der Waals surface area contributed by atoms with Crippen LogP contribution in [0.3, 0.4) is 0 Å². The van der Waals surface area contributed by atoms with Crippen molar-refractivity contribution in [2.24, 2.45) is 5.41 Å². The SMILES string of the molecule is Cc1cccc(N2CC3(CC3)CNC(C)C2=O)c1. The third-order valence-corrected chi connectivity index (χ3v) is 4.18. The molecule has 3 rings (SSSR count). The van der Waals surface area contributed by atoms with Crippen LogP contribution in [0, 0.1) is 12.3 Å². The molecule has 0 aromatic heterocycles. The zero-order valence-corrected chi connectivity index (χ0v) is 11.1. The molecule has 3 heteroatoms. The van der Waals surface area contributed by atoms with E-state index in [0.29, 0.717) is 5.41 Å². The van der Waals surface area contributed by atoms with Crippen molar-refractivity contribution in [3.05, 3.63) is 29.8 Å². The Hall–Kier alpha value is -1.35. The highest BCUT2D eigenvalue weighted by Crippen LogP contribution is 2.47. The smallest absolute Gasteiger partial charge is 0.243 e. The molecule has 1 aromatic carbocycles. The van der Waals surface area contributed by atoms with Gasteiger partial charge in [-0.25, -0.2) is 0 Å². The fourth-order valence-electron chi connectivity index (χ4n) is 2.69. The second-order valence-electron chi connectivity index (χ2n) is 5.87. The molecule has 1 N–H and O–H groups in total. The number of benzene rings is 1. The van der Waals surface area contributed by atoms with Gasteiger partial charge in [0.25, 0.3) is 0 Å². The summed E-state index contributed by atoms with van der Waals surface area (Å²) in [4.78, 5) is 14.4. The lowest BCUT2D eigenvalue weighted by Gasteiger charge is -2.25. The van der Waals surface area contributed by atoms with Gasteiger partial charge >= 0.3 is 0 Å². The minimum absolute atomic E-state index is 0.0783. The number of aryl methyl sites for hydroxylation is 1. The third-order valence-electron chi connectivity index (χ3n) is 4.18. The van der Waals surface area contributed by atoms with Gasteiger partial charge in [0, 0.05) is 24.2 Å². The first-order chi connectivity index (χ1) is 8.60. The standard InChI is InChI=1S/C15H20N2O/c1-11-4-3-5-13(8-11)17-10-15(6-7-15)9-16-12(2)14(17)18/h3-5,8,12,16H,6-7,9-10H2,1-2H3. The van der Waals surface area contributed by atoms with Crippen molar-refractivity contribution in [3.63, 3.8) is 0 Å². The van der Waals surface area contributed by atoms with Gasteiger partial charge in [-0.3, -0.25) is 4.79 Å². The van der Waals surface area contributed by atoms with Crippen molar-refractivity contribution >= 4 is 11.6 Å². The van der Waals surface area contributed by atoms with Crippen LogP contribution in [-0.2, 0) is 4.79 Å². The molecule has 1 atom stereocenters. The molecule has 1 spiro atoms. The molecule has 1 saturated heterocycles. The van der Waals surface area contributed by atoms with Gasteiger partial charge in [0.2, 0.25) is 5.91 Å². The normalized spacial score (nSPS) is 26.2. The van der Waals surface area contributed by atoms with Gasteiger partial charge in [-0.2, -0.15) is 0 Å². The summed E-state index contributed by atoms with van der Waals surface area (Å²) in [6.07, 6.45) is 2.48. The van der Waals surface area contributed by atoms with Crippen molar-refractivity contribution in [1.82, 2.24) is 5.32 Å². The number of anilines is 1. The van der Waals surface area contributed by atoms with Crippen LogP contribution >= 0.6 is 0 Å². The summed E-state index contributed by atoms with van der Waals surface area (Å²) in [5.41, 5.74) is 2.58. The summed E-state index contributed by atoms with van der Waals surface area (Å²) < 4.78 is 0. The molecule has 1 saturated carbocycles. The van der Waals surface area contributed by atoms with E-state index >= 15 is 0 Å². The van der Waals surface area contributed by atoms with Crippen molar-refractivity contribution in [1.29, 1.82) is 0 Å². The fourth-order valence-corrected chi connectivity index (χ4v) is 2.69. The average Bonchev–Trinajstić information content (AvgIpc) is 3.13. The minimum Gasteiger partial charge on any atom is -0.310 e. The van der Waals surface area contributed by atoms with Gasteiger partial charge in [-0.1, -0.05) is 12.1 Å². The Morgan fingerprint density at radius 2 is 2.17 bits per heavy atom. The molecule has 3 nitrogen and oxygen atoms in total. The number of rotatable bonds is 1. The molecular formula is C15H20N2O. The van der Waals surface area contributed by atoms with E-state index in [-0.39, 0.29) is 11.9 Å². The molecular weight excluding hydrogens is 224 g/mol. The number of amides is 1. The van der Waals surface area contributed by atoms with Crippen molar-refractivity contribution in [3.8, 4) is 0 Å². The number of carbonyl (C=O) groups is 1. The highest BCUT2D eigenvalue weighted by molar-refractivity contribution is 5.97. The Balaban J connectivity index is 1.94. The van der Waals surface area contributed by atoms with Crippen molar-refractivity contribution in [2.45, 2.75) is 32.7 Å². The summed E-state index contributed by atoms with van der Waals surface area (Å²) in [5, 5.41) is 3.37. The molecule has 1 heterocycles. The van der Waals surface area contributed by atoms with Crippen LogP contribution in [0.1, 0.15) is 25.3 Å². The number of hydrogen-bond acceptors (Lipinski definition) is 2. The van der Waals surface area contributed by atoms with E-state index in [1.165, 1.54) is 18.4 Å². The first-order valence-corrected chi connectivity index (χ1v) is 6.71. The Morgan fingerprint density at radius 1 is 1.39 bits per heavy atom. The van der Waals surface area contributed by atoms with E-state index in [1.54, 1.807) is 0 Å². The zero-order valence-electron chi connectivity index (χ0n) is 11.1. The van der Waals surface area contributed by atoms with E-state index in [0.717, 1.165) is 18.8 Å². The van der Waals surface area contributed by atoms with Gasteiger partial charge in [0.05, 0.1) is 6.04 Å². The van der Waals surface area contributed by atoms with Gasteiger partial charge in [0.1, 0.15) is 0 Å². The largest absolute Gasteiger partial charge is 0.310 e. The molecule has 1 aromatic rings. The van der Waals surface area contributed by atoms with E-state index in [1.807, 2.05) is 24.0 Å². The van der Waals surface area contributed by atoms with Crippen LogP contribution < -0.4 is 10.2 Å². The quantitative estimate of drug-likeness (QED) is 0.820. The summed E-state index contributed by atoms with van der Waals surface area (Å²) in [7, 11) is 0. The molecule has 0 radical (unpaired) electrons. The van der Waals surface area contributed by atoms with E-state index in [2.05, 4.69) is 24.4 Å². The molecule has 1 amide bonds. The Morgan fingerprint density at radius 3 is 2.83 bits per heavy atom. The van der Waals surface area contributed by atoms with Gasteiger partial charge in [-0.05, 0) is 44.4 Å². The second-order valence-corrected chi connectivity index (χ2v) is 5.87. The summed E-state index contributed by atoms with van der Waals surface area (Å²) in [6, 6.07) is 8.16. The first-order valence-electron chi connectivity index (χ1n) is 6.71. The Kier molecular flexibility index (Phi) is 2.67. The summed E-state index contributed by atoms with van der Waals surface area (Å²) in [6.45, 7) is 5.88. The first kappa shape index (κ1) is 11.7. The third kappa shape index (κ3) is 2.03. The van der Waals surface area contributed by atoms with Crippen LogP contribution in [0.15, 0.2) is 24.3 Å². The number of nitrogens with one attached hydrogen (secondary N) is 1. The maximum Gasteiger partial charge on any atom is 0.243 e. The van der Waals surface area contributed by atoms with Gasteiger partial charge in [-0.15, -0.1) is 0 Å². The van der Waals surface area contributed by atoms with Crippen LogP contribution in [0.4, 0.5) is 5.69 Å². The Labute approximate surface area is 108 Å². The molecule has 1 aliphatic carbocycles. The predicted molar refractivity (Wildman–Crippen MR) is 72.7 cm³/mol. The summed E-state index contributed by atoms with van der Waals surface area (Å²) in [5.74, 6) is 0.198. The molecule has 2 fully saturated rings. The molecule has 0 bridgehead atoms. The number of nitrogens with zero attached hydrogens (tertiary/aromatic N) is 1. The highest BCUT2D eigenvalue weighted by atomic mass is 16.2. The van der Waals surface area contributed by atoms with Gasteiger partial charge in [0.15, 0.2) is 0 Å². The molecule has 2 aliphatic rings. The second kappa shape index (κ2) is 4.09. The topological polar surface area (TPSA) is 32.3 Å². The van der Waals surface area contributed by atoms with Crippen molar-refractivity contribution in [2.75, 3.05) is 18.0 Å². The van der Waals surface area contributed by atoms with Crippen LogP contribution in [0.2, 0.25) is 0 Å². The molecule has 1 aliphatic heterocycles. The highest BCUT2D eigenvalue weighted by Gasteiger charge is 2.47. The lowest BCUT2D eigenvalue weighted by atomic mass is 10.1. The van der Waals surface area contributed by atoms with E-state index < -0.39 is 0 Å². The van der Waals surface area contributed by atoms with E-state index in [9.17, 15) is 4.79 Å². The fraction of sp³-hybridized carbons (Fsp3) is 0.533. The average molecular weight is 244 g/mol. The number of hydrogen-bond donors (Lipinski definition) is 1. The minimum atomic E-state index is -0.0783. The number of carbonyl (C=O) groups excluding carboxylic acids is 1. The Bertz CT molecular complexity index is 479. The molecule has 18 heavy (non-hydrogen) atoms. The zero-order chi connectivity index (χ0) is 12.8. The van der Waals surface area contributed by atoms with E-state index in [4.69, 9.17) is 0 Å². The van der Waals surface area contributed by atoms with Crippen LogP contribution in [0.25, 0.3) is 0 Å². The van der Waals surface area contributed by atoms with Gasteiger partial charge < -0.3 is 10.2 Å². The maximum absolute atomic E-state index is 12.4. The summed E-state index contributed by atoms with van der Waals surface area (Å²) >= 11 is 0. The molecule has 96 valence electrons. The van der Waals surface area contributed by atoms with Crippen LogP contribution in [-0.4, -0.2) is 25.0 Å². The maximum atomic E-state index is 12.4. The predicted octanol–water partition coefficient (Wildman–Crippen LogP) is 2.10. The van der Waals surface area contributed by atoms with Crippen molar-refractivity contribution < 1.29 is 4.79 Å². The molecule has 1 unspecified atom stereocenters. The van der Waals surface area contributed by atoms with Crippen LogP contribution in [0.5, 0.6) is 0 Å². The monoisotopic (exact) mass is 244 g/mol. The lowest BCUT2D eigenvalue weighted by molar-refractivity contribution is -0.119. The lowest BCUT2D eigenvalue weighted by Crippen LogP contribution is -2.41.